The van der Waals surface area contributed by atoms with Gasteiger partial charge in [-0.2, -0.15) is 0 Å². The Morgan fingerprint density at radius 2 is 1.90 bits per heavy atom. The Bertz CT molecular complexity index is 476. The van der Waals surface area contributed by atoms with Crippen molar-refractivity contribution >= 4 is 5.97 Å². The first-order valence-corrected chi connectivity index (χ1v) is 7.92. The topological polar surface area (TPSA) is 49.8 Å². The van der Waals surface area contributed by atoms with Crippen molar-refractivity contribution in [2.24, 2.45) is 0 Å². The van der Waals surface area contributed by atoms with Crippen LogP contribution in [0.5, 0.6) is 0 Å². The maximum atomic E-state index is 12.1. The van der Waals surface area contributed by atoms with E-state index in [2.05, 4.69) is 4.90 Å². The van der Waals surface area contributed by atoms with E-state index < -0.39 is 0 Å². The molecular formula is C17H23NO3. The molecule has 1 aromatic carbocycles. The van der Waals surface area contributed by atoms with E-state index in [0.29, 0.717) is 5.56 Å². The van der Waals surface area contributed by atoms with E-state index in [4.69, 9.17) is 4.74 Å². The van der Waals surface area contributed by atoms with Gasteiger partial charge in [-0.15, -0.1) is 0 Å². The van der Waals surface area contributed by atoms with Gasteiger partial charge in [0, 0.05) is 19.1 Å². The minimum absolute atomic E-state index is 0.0492. The van der Waals surface area contributed by atoms with Gasteiger partial charge in [0.2, 0.25) is 0 Å². The zero-order valence-corrected chi connectivity index (χ0v) is 12.3. The fraction of sp³-hybridized carbons (Fsp3) is 0.588. The second-order valence-electron chi connectivity index (χ2n) is 6.10. The van der Waals surface area contributed by atoms with Crippen LogP contribution in [0.4, 0.5) is 0 Å². The molecule has 3 rings (SSSR count). The van der Waals surface area contributed by atoms with Gasteiger partial charge >= 0.3 is 5.97 Å². The zero-order valence-electron chi connectivity index (χ0n) is 12.3. The number of esters is 1. The number of hydrogen-bond acceptors (Lipinski definition) is 4. The van der Waals surface area contributed by atoms with Crippen molar-refractivity contribution in [3.63, 3.8) is 0 Å². The molecule has 114 valence electrons. The lowest BCUT2D eigenvalue weighted by atomic mass is 9.91. The van der Waals surface area contributed by atoms with Gasteiger partial charge in [-0.05, 0) is 31.4 Å². The van der Waals surface area contributed by atoms with Crippen LogP contribution in [0.2, 0.25) is 0 Å². The second-order valence-corrected chi connectivity index (χ2v) is 6.10. The van der Waals surface area contributed by atoms with E-state index in [0.717, 1.165) is 38.8 Å². The summed E-state index contributed by atoms with van der Waals surface area (Å²) in [6.45, 7) is 1.66. The zero-order chi connectivity index (χ0) is 14.7. The third-order valence-electron chi connectivity index (χ3n) is 4.62. The molecule has 0 radical (unpaired) electrons. The highest BCUT2D eigenvalue weighted by atomic mass is 16.5. The number of hydrogen-bond donors (Lipinski definition) is 1. The SMILES string of the molecule is O=C(O[C@@H]1CCN(C2CCCCC2O)C1)c1ccccc1. The van der Waals surface area contributed by atoms with Crippen molar-refractivity contribution in [1.29, 1.82) is 0 Å². The minimum Gasteiger partial charge on any atom is -0.457 e. The van der Waals surface area contributed by atoms with Crippen LogP contribution < -0.4 is 0 Å². The normalized spacial score (nSPS) is 30.2. The van der Waals surface area contributed by atoms with E-state index in [-0.39, 0.29) is 24.2 Å². The van der Waals surface area contributed by atoms with Crippen molar-refractivity contribution in [3.05, 3.63) is 35.9 Å². The molecule has 0 bridgehead atoms. The first-order valence-electron chi connectivity index (χ1n) is 7.92. The smallest absolute Gasteiger partial charge is 0.338 e. The highest BCUT2D eigenvalue weighted by Crippen LogP contribution is 2.27. The number of ether oxygens (including phenoxy) is 1. The molecule has 0 aromatic heterocycles. The Balaban J connectivity index is 1.54. The highest BCUT2D eigenvalue weighted by Gasteiger charge is 2.35. The van der Waals surface area contributed by atoms with E-state index >= 15 is 0 Å². The summed E-state index contributed by atoms with van der Waals surface area (Å²) in [5, 5.41) is 10.1. The quantitative estimate of drug-likeness (QED) is 0.867. The Morgan fingerprint density at radius 3 is 2.67 bits per heavy atom. The number of nitrogens with zero attached hydrogens (tertiary/aromatic N) is 1. The van der Waals surface area contributed by atoms with Gasteiger partial charge in [0.15, 0.2) is 0 Å². The van der Waals surface area contributed by atoms with Gasteiger partial charge in [0.1, 0.15) is 6.10 Å². The summed E-state index contributed by atoms with van der Waals surface area (Å²) in [6.07, 6.45) is 4.86. The number of benzene rings is 1. The standard InChI is InChI=1S/C17H23NO3/c19-16-9-5-4-8-15(16)18-11-10-14(12-18)21-17(20)13-6-2-1-3-7-13/h1-3,6-7,14-16,19H,4-5,8-12H2/t14-,15?,16?/m1/s1. The minimum atomic E-state index is -0.244. The van der Waals surface area contributed by atoms with Crippen molar-refractivity contribution in [3.8, 4) is 0 Å². The molecular weight excluding hydrogens is 266 g/mol. The first kappa shape index (κ1) is 14.5. The Labute approximate surface area is 125 Å². The Hall–Kier alpha value is -1.39. The lowest BCUT2D eigenvalue weighted by Gasteiger charge is -2.35. The Kier molecular flexibility index (Phi) is 4.56. The van der Waals surface area contributed by atoms with Crippen molar-refractivity contribution < 1.29 is 14.6 Å². The maximum Gasteiger partial charge on any atom is 0.338 e. The van der Waals surface area contributed by atoms with Crippen molar-refractivity contribution in [2.45, 2.75) is 50.4 Å². The molecule has 4 nitrogen and oxygen atoms in total. The summed E-state index contributed by atoms with van der Waals surface area (Å²) in [5.41, 5.74) is 0.605. The Morgan fingerprint density at radius 1 is 1.14 bits per heavy atom. The summed E-state index contributed by atoms with van der Waals surface area (Å²) in [5.74, 6) is -0.244. The van der Waals surface area contributed by atoms with Crippen LogP contribution in [-0.2, 0) is 4.74 Å². The van der Waals surface area contributed by atoms with Crippen LogP contribution in [0.3, 0.4) is 0 Å². The van der Waals surface area contributed by atoms with Gasteiger partial charge in [-0.3, -0.25) is 4.90 Å². The van der Waals surface area contributed by atoms with Crippen LogP contribution >= 0.6 is 0 Å². The lowest BCUT2D eigenvalue weighted by Crippen LogP contribution is -2.44. The molecule has 2 aliphatic rings. The summed E-state index contributed by atoms with van der Waals surface area (Å²) >= 11 is 0. The van der Waals surface area contributed by atoms with E-state index in [1.165, 1.54) is 6.42 Å². The number of likely N-dealkylation sites (tertiary alicyclic amines) is 1. The fourth-order valence-electron chi connectivity index (χ4n) is 3.46. The molecule has 1 aliphatic heterocycles. The predicted molar refractivity (Wildman–Crippen MR) is 80.1 cm³/mol. The fourth-order valence-corrected chi connectivity index (χ4v) is 3.46. The van der Waals surface area contributed by atoms with Crippen LogP contribution in [0.15, 0.2) is 30.3 Å². The predicted octanol–water partition coefficient (Wildman–Crippen LogP) is 2.22. The molecule has 1 N–H and O–H groups in total. The van der Waals surface area contributed by atoms with Crippen LogP contribution in [0.25, 0.3) is 0 Å². The van der Waals surface area contributed by atoms with Gasteiger partial charge in [-0.1, -0.05) is 31.0 Å². The molecule has 4 heteroatoms. The third kappa shape index (κ3) is 3.44. The van der Waals surface area contributed by atoms with Gasteiger partial charge < -0.3 is 9.84 Å². The van der Waals surface area contributed by atoms with Crippen molar-refractivity contribution in [1.82, 2.24) is 4.90 Å². The van der Waals surface area contributed by atoms with E-state index in [9.17, 15) is 9.90 Å². The summed E-state index contributed by atoms with van der Waals surface area (Å²) in [7, 11) is 0. The lowest BCUT2D eigenvalue weighted by molar-refractivity contribution is 0.0142. The molecule has 2 unspecified atom stereocenters. The average Bonchev–Trinajstić information content (AvgIpc) is 2.97. The molecule has 2 fully saturated rings. The third-order valence-corrected chi connectivity index (χ3v) is 4.62. The van der Waals surface area contributed by atoms with Crippen molar-refractivity contribution in [2.75, 3.05) is 13.1 Å². The molecule has 0 amide bonds. The van der Waals surface area contributed by atoms with Crippen LogP contribution in [0.1, 0.15) is 42.5 Å². The largest absolute Gasteiger partial charge is 0.457 e. The molecule has 1 saturated carbocycles. The monoisotopic (exact) mass is 289 g/mol. The summed E-state index contributed by atoms with van der Waals surface area (Å²) < 4.78 is 5.59. The number of aliphatic hydroxyl groups excluding tert-OH is 1. The first-order chi connectivity index (χ1) is 10.2. The maximum absolute atomic E-state index is 12.1. The summed E-state index contributed by atoms with van der Waals surface area (Å²) in [6, 6.07) is 9.38. The van der Waals surface area contributed by atoms with Crippen LogP contribution in [0, 0.1) is 0 Å². The highest BCUT2D eigenvalue weighted by molar-refractivity contribution is 5.89. The molecule has 1 aliphatic carbocycles. The average molecular weight is 289 g/mol. The van der Waals surface area contributed by atoms with Gasteiger partial charge in [0.05, 0.1) is 11.7 Å². The molecule has 1 saturated heterocycles. The number of aliphatic hydroxyl groups is 1. The second kappa shape index (κ2) is 6.58. The molecule has 1 aromatic rings. The summed E-state index contributed by atoms with van der Waals surface area (Å²) in [4.78, 5) is 14.4. The van der Waals surface area contributed by atoms with Gasteiger partial charge in [0.25, 0.3) is 0 Å². The number of carbonyl (C=O) groups is 1. The number of carbonyl (C=O) groups excluding carboxylic acids is 1. The van der Waals surface area contributed by atoms with Crippen LogP contribution in [-0.4, -0.2) is 47.3 Å². The molecule has 1 heterocycles. The van der Waals surface area contributed by atoms with E-state index in [1.807, 2.05) is 18.2 Å². The van der Waals surface area contributed by atoms with E-state index in [1.54, 1.807) is 12.1 Å². The van der Waals surface area contributed by atoms with Gasteiger partial charge in [-0.25, -0.2) is 4.79 Å². The molecule has 3 atom stereocenters. The number of rotatable bonds is 3. The molecule has 0 spiro atoms. The molecule has 21 heavy (non-hydrogen) atoms.